The van der Waals surface area contributed by atoms with Crippen molar-refractivity contribution >= 4 is 45.0 Å². The summed E-state index contributed by atoms with van der Waals surface area (Å²) in [6, 6.07) is 12.4. The summed E-state index contributed by atoms with van der Waals surface area (Å²) in [4.78, 5) is 14.2. The number of carbonyl (C=O) groups excluding carboxylic acids is 1. The number of likely N-dealkylation sites (tertiary alicyclic amines) is 1. The van der Waals surface area contributed by atoms with Gasteiger partial charge < -0.3 is 15.0 Å². The molecule has 0 aliphatic carbocycles. The second kappa shape index (κ2) is 8.70. The average Bonchev–Trinajstić information content (AvgIpc) is 2.59. The molecule has 130 valence electrons. The number of hydrogen-bond acceptors (Lipinski definition) is 3. The van der Waals surface area contributed by atoms with Crippen molar-refractivity contribution in [2.75, 3.05) is 26.7 Å². The summed E-state index contributed by atoms with van der Waals surface area (Å²) in [5.74, 6) is 0.788. The van der Waals surface area contributed by atoms with E-state index in [1.54, 1.807) is 0 Å². The van der Waals surface area contributed by atoms with Crippen LogP contribution < -0.4 is 10.1 Å². The van der Waals surface area contributed by atoms with Crippen LogP contribution in [0.15, 0.2) is 40.9 Å². The van der Waals surface area contributed by atoms with Crippen LogP contribution >= 0.6 is 28.3 Å². The molecule has 1 atom stereocenters. The molecule has 0 aromatic heterocycles. The maximum atomic E-state index is 12.3. The maximum Gasteiger partial charge on any atom is 0.260 e. The Hall–Kier alpha value is -1.30. The lowest BCUT2D eigenvalue weighted by Gasteiger charge is -2.32. The Balaban J connectivity index is 0.00000208. The van der Waals surface area contributed by atoms with E-state index in [0.717, 1.165) is 46.9 Å². The van der Waals surface area contributed by atoms with Gasteiger partial charge in [-0.1, -0.05) is 28.1 Å². The van der Waals surface area contributed by atoms with Gasteiger partial charge in [-0.2, -0.15) is 0 Å². The van der Waals surface area contributed by atoms with Crippen molar-refractivity contribution in [2.24, 2.45) is 0 Å². The van der Waals surface area contributed by atoms with Gasteiger partial charge in [0.1, 0.15) is 5.75 Å². The van der Waals surface area contributed by atoms with Crippen molar-refractivity contribution in [3.05, 3.63) is 40.9 Å². The predicted molar refractivity (Wildman–Crippen MR) is 103 cm³/mol. The predicted octanol–water partition coefficient (Wildman–Crippen LogP) is 3.61. The third-order valence-electron chi connectivity index (χ3n) is 4.32. The molecule has 0 saturated carbocycles. The lowest BCUT2D eigenvalue weighted by Crippen LogP contribution is -2.48. The minimum absolute atomic E-state index is 0. The number of rotatable bonds is 4. The summed E-state index contributed by atoms with van der Waals surface area (Å²) in [5, 5.41) is 5.50. The van der Waals surface area contributed by atoms with Crippen LogP contribution in [0.3, 0.4) is 0 Å². The molecule has 2 aromatic rings. The molecule has 4 nitrogen and oxygen atoms in total. The van der Waals surface area contributed by atoms with E-state index in [1.807, 2.05) is 42.3 Å². The number of halogens is 2. The number of nitrogens with one attached hydrogen (secondary N) is 1. The van der Waals surface area contributed by atoms with Crippen LogP contribution in [-0.4, -0.2) is 43.6 Å². The first-order valence-corrected chi connectivity index (χ1v) is 8.72. The Kier molecular flexibility index (Phi) is 6.90. The zero-order chi connectivity index (χ0) is 16.2. The smallest absolute Gasteiger partial charge is 0.260 e. The number of amides is 1. The molecule has 1 fully saturated rings. The van der Waals surface area contributed by atoms with E-state index in [1.165, 1.54) is 0 Å². The molecule has 1 amide bonds. The van der Waals surface area contributed by atoms with Crippen molar-refractivity contribution in [3.8, 4) is 5.75 Å². The van der Waals surface area contributed by atoms with E-state index in [0.29, 0.717) is 6.04 Å². The highest BCUT2D eigenvalue weighted by atomic mass is 79.9. The summed E-state index contributed by atoms with van der Waals surface area (Å²) in [6.07, 6.45) is 2.17. The highest BCUT2D eigenvalue weighted by Crippen LogP contribution is 2.24. The summed E-state index contributed by atoms with van der Waals surface area (Å²) >= 11 is 3.47. The molecule has 0 bridgehead atoms. The molecule has 6 heteroatoms. The van der Waals surface area contributed by atoms with Crippen molar-refractivity contribution in [1.82, 2.24) is 10.2 Å². The number of hydrogen-bond donors (Lipinski definition) is 1. The molecule has 0 spiro atoms. The van der Waals surface area contributed by atoms with Gasteiger partial charge in [0.2, 0.25) is 0 Å². The highest BCUT2D eigenvalue weighted by Gasteiger charge is 2.22. The van der Waals surface area contributed by atoms with Gasteiger partial charge in [0.05, 0.1) is 0 Å². The second-order valence-electron chi connectivity index (χ2n) is 5.91. The summed E-state index contributed by atoms with van der Waals surface area (Å²) < 4.78 is 6.76. The number of carbonyl (C=O) groups is 1. The van der Waals surface area contributed by atoms with Crippen molar-refractivity contribution in [2.45, 2.75) is 18.9 Å². The number of likely N-dealkylation sites (N-methyl/N-ethyl adjacent to an activating group) is 1. The fourth-order valence-corrected chi connectivity index (χ4v) is 3.34. The molecule has 1 unspecified atom stereocenters. The molecule has 0 radical (unpaired) electrons. The monoisotopic (exact) mass is 412 g/mol. The first-order chi connectivity index (χ1) is 11.2. The quantitative estimate of drug-likeness (QED) is 0.832. The van der Waals surface area contributed by atoms with Gasteiger partial charge in [-0.05, 0) is 54.9 Å². The largest absolute Gasteiger partial charge is 0.484 e. The summed E-state index contributed by atoms with van der Waals surface area (Å²) in [7, 11) is 1.95. The van der Waals surface area contributed by atoms with Crippen LogP contribution in [0.4, 0.5) is 0 Å². The molecule has 1 heterocycles. The Bertz CT molecular complexity index is 710. The normalized spacial score (nSPS) is 17.4. The van der Waals surface area contributed by atoms with Gasteiger partial charge in [-0.25, -0.2) is 0 Å². The Morgan fingerprint density at radius 3 is 2.83 bits per heavy atom. The lowest BCUT2D eigenvalue weighted by molar-refractivity contribution is -0.134. The van der Waals surface area contributed by atoms with Gasteiger partial charge >= 0.3 is 0 Å². The van der Waals surface area contributed by atoms with Crippen molar-refractivity contribution in [3.63, 3.8) is 0 Å². The molecule has 24 heavy (non-hydrogen) atoms. The van der Waals surface area contributed by atoms with Gasteiger partial charge in [-0.3, -0.25) is 4.79 Å². The lowest BCUT2D eigenvalue weighted by atomic mass is 10.1. The third-order valence-corrected chi connectivity index (χ3v) is 4.81. The number of benzene rings is 2. The summed E-state index contributed by atoms with van der Waals surface area (Å²) in [6.45, 7) is 1.69. The van der Waals surface area contributed by atoms with E-state index in [9.17, 15) is 4.79 Å². The minimum atomic E-state index is 0. The Morgan fingerprint density at radius 2 is 2.04 bits per heavy atom. The SMILES string of the molecule is CNC1CCCN(C(=O)COc2ccc3cc(Br)ccc3c2)C1.Cl. The maximum absolute atomic E-state index is 12.3. The van der Waals surface area contributed by atoms with Crippen LogP contribution in [0.2, 0.25) is 0 Å². The molecule has 1 aliphatic rings. The van der Waals surface area contributed by atoms with Crippen LogP contribution in [0, 0.1) is 0 Å². The number of ether oxygens (including phenoxy) is 1. The highest BCUT2D eigenvalue weighted by molar-refractivity contribution is 9.10. The van der Waals surface area contributed by atoms with Crippen molar-refractivity contribution < 1.29 is 9.53 Å². The molecule has 1 saturated heterocycles. The Labute approximate surface area is 157 Å². The zero-order valence-corrected chi connectivity index (χ0v) is 16.0. The fraction of sp³-hybridized carbons (Fsp3) is 0.389. The molecular weight excluding hydrogens is 392 g/mol. The summed E-state index contributed by atoms with van der Waals surface area (Å²) in [5.41, 5.74) is 0. The number of piperidine rings is 1. The third kappa shape index (κ3) is 4.62. The Morgan fingerprint density at radius 1 is 1.29 bits per heavy atom. The topological polar surface area (TPSA) is 41.6 Å². The van der Waals surface area contributed by atoms with Crippen LogP contribution in [-0.2, 0) is 4.79 Å². The molecular formula is C18H22BrClN2O2. The van der Waals surface area contributed by atoms with Gasteiger partial charge in [0, 0.05) is 23.6 Å². The molecule has 1 aliphatic heterocycles. The van der Waals surface area contributed by atoms with E-state index < -0.39 is 0 Å². The van der Waals surface area contributed by atoms with Gasteiger partial charge in [-0.15, -0.1) is 12.4 Å². The zero-order valence-electron chi connectivity index (χ0n) is 13.6. The number of fused-ring (bicyclic) bond motifs is 1. The molecule has 2 aromatic carbocycles. The first kappa shape index (κ1) is 19.0. The van der Waals surface area contributed by atoms with Gasteiger partial charge in [0.15, 0.2) is 6.61 Å². The van der Waals surface area contributed by atoms with Gasteiger partial charge in [0.25, 0.3) is 5.91 Å². The second-order valence-corrected chi connectivity index (χ2v) is 6.83. The van der Waals surface area contributed by atoms with Crippen LogP contribution in [0.5, 0.6) is 5.75 Å². The minimum Gasteiger partial charge on any atom is -0.484 e. The van der Waals surface area contributed by atoms with E-state index in [4.69, 9.17) is 4.74 Å². The number of nitrogens with zero attached hydrogens (tertiary/aromatic N) is 1. The van der Waals surface area contributed by atoms with Crippen LogP contribution in [0.25, 0.3) is 10.8 Å². The van der Waals surface area contributed by atoms with E-state index in [2.05, 4.69) is 27.3 Å². The van der Waals surface area contributed by atoms with Crippen LogP contribution in [0.1, 0.15) is 12.8 Å². The van der Waals surface area contributed by atoms with E-state index in [-0.39, 0.29) is 24.9 Å². The average molecular weight is 414 g/mol. The van der Waals surface area contributed by atoms with E-state index >= 15 is 0 Å². The first-order valence-electron chi connectivity index (χ1n) is 7.93. The standard InChI is InChI=1S/C18H21BrN2O2.ClH/c1-20-16-3-2-8-21(11-16)18(22)12-23-17-7-5-13-9-15(19)6-4-14(13)10-17;/h4-7,9-10,16,20H,2-3,8,11-12H2,1H3;1H. The van der Waals surface area contributed by atoms with Crippen molar-refractivity contribution in [1.29, 1.82) is 0 Å². The fourth-order valence-electron chi connectivity index (χ4n) is 2.96. The molecule has 1 N–H and O–H groups in total. The molecule has 3 rings (SSSR count).